The first kappa shape index (κ1) is 22.3. The van der Waals surface area contributed by atoms with Gasteiger partial charge in [-0.1, -0.05) is 30.3 Å². The highest BCUT2D eigenvalue weighted by Crippen LogP contribution is 2.30. The average molecular weight is 495 g/mol. The van der Waals surface area contributed by atoms with Crippen LogP contribution in [0.3, 0.4) is 0 Å². The summed E-state index contributed by atoms with van der Waals surface area (Å²) in [4.78, 5) is 4.31. The van der Waals surface area contributed by atoms with Gasteiger partial charge in [0.1, 0.15) is 11.5 Å². The van der Waals surface area contributed by atoms with Gasteiger partial charge in [-0.3, -0.25) is 4.99 Å². The Morgan fingerprint density at radius 1 is 1.11 bits per heavy atom. The molecule has 0 atom stereocenters. The van der Waals surface area contributed by atoms with E-state index >= 15 is 0 Å². The Morgan fingerprint density at radius 2 is 1.93 bits per heavy atom. The highest BCUT2D eigenvalue weighted by atomic mass is 127. The van der Waals surface area contributed by atoms with Crippen LogP contribution >= 0.6 is 24.0 Å². The smallest absolute Gasteiger partial charge is 0.191 e. The molecule has 0 heterocycles. The second-order valence-corrected chi connectivity index (χ2v) is 6.82. The van der Waals surface area contributed by atoms with Crippen molar-refractivity contribution in [1.82, 2.24) is 10.6 Å². The van der Waals surface area contributed by atoms with Gasteiger partial charge >= 0.3 is 0 Å². The van der Waals surface area contributed by atoms with Crippen molar-refractivity contribution < 1.29 is 9.47 Å². The van der Waals surface area contributed by atoms with Gasteiger partial charge in [0.05, 0.1) is 13.7 Å². The fraction of sp³-hybridized carbons (Fsp3) is 0.409. The lowest BCUT2D eigenvalue weighted by atomic mass is 10.1. The first-order valence-corrected chi connectivity index (χ1v) is 9.56. The molecular weight excluding hydrogens is 465 g/mol. The predicted octanol–water partition coefficient (Wildman–Crippen LogP) is 4.01. The molecule has 5 nitrogen and oxygen atoms in total. The molecule has 6 heteroatoms. The number of hydrogen-bond donors (Lipinski definition) is 2. The summed E-state index contributed by atoms with van der Waals surface area (Å²) in [6, 6.07) is 16.3. The molecule has 28 heavy (non-hydrogen) atoms. The summed E-state index contributed by atoms with van der Waals surface area (Å²) >= 11 is 0. The van der Waals surface area contributed by atoms with Crippen molar-refractivity contribution >= 4 is 29.9 Å². The number of para-hydroxylation sites is 1. The Bertz CT molecular complexity index is 763. The van der Waals surface area contributed by atoms with Crippen molar-refractivity contribution in [2.24, 2.45) is 10.9 Å². The molecule has 1 aliphatic carbocycles. The number of nitrogens with one attached hydrogen (secondary N) is 2. The normalized spacial score (nSPS) is 13.4. The zero-order chi connectivity index (χ0) is 18.9. The Balaban J connectivity index is 0.00000280. The summed E-state index contributed by atoms with van der Waals surface area (Å²) in [5.74, 6) is 3.38. The molecule has 0 aromatic heterocycles. The van der Waals surface area contributed by atoms with Crippen LogP contribution in [0.5, 0.6) is 11.5 Å². The highest BCUT2D eigenvalue weighted by molar-refractivity contribution is 14.0. The molecule has 0 bridgehead atoms. The zero-order valence-corrected chi connectivity index (χ0v) is 18.9. The SMILES string of the molecule is CN=C(NCCc1cccc(OC)c1)NCc1ccccc1OCC1CC1.I. The van der Waals surface area contributed by atoms with Crippen molar-refractivity contribution in [2.45, 2.75) is 25.8 Å². The van der Waals surface area contributed by atoms with E-state index < -0.39 is 0 Å². The molecule has 1 saturated carbocycles. The van der Waals surface area contributed by atoms with E-state index in [0.29, 0.717) is 6.54 Å². The van der Waals surface area contributed by atoms with Crippen LogP contribution in [-0.2, 0) is 13.0 Å². The number of nitrogens with zero attached hydrogens (tertiary/aromatic N) is 1. The molecule has 1 aliphatic rings. The summed E-state index contributed by atoms with van der Waals surface area (Å²) in [6.45, 7) is 2.30. The van der Waals surface area contributed by atoms with Crippen LogP contribution in [0.15, 0.2) is 53.5 Å². The molecular formula is C22H30IN3O2. The van der Waals surface area contributed by atoms with Gasteiger partial charge in [-0.15, -0.1) is 24.0 Å². The van der Waals surface area contributed by atoms with Crippen molar-refractivity contribution in [3.05, 3.63) is 59.7 Å². The minimum Gasteiger partial charge on any atom is -0.497 e. The first-order chi connectivity index (χ1) is 13.3. The van der Waals surface area contributed by atoms with Crippen LogP contribution in [0.25, 0.3) is 0 Å². The first-order valence-electron chi connectivity index (χ1n) is 9.56. The van der Waals surface area contributed by atoms with Crippen LogP contribution in [0.4, 0.5) is 0 Å². The molecule has 0 unspecified atom stereocenters. The lowest BCUT2D eigenvalue weighted by Gasteiger charge is -2.15. The number of ether oxygens (including phenoxy) is 2. The summed E-state index contributed by atoms with van der Waals surface area (Å²) < 4.78 is 11.2. The third kappa shape index (κ3) is 7.22. The maximum Gasteiger partial charge on any atom is 0.191 e. The van der Waals surface area contributed by atoms with E-state index in [0.717, 1.165) is 48.5 Å². The molecule has 0 spiro atoms. The van der Waals surface area contributed by atoms with Crippen LogP contribution in [-0.4, -0.2) is 33.3 Å². The largest absolute Gasteiger partial charge is 0.497 e. The van der Waals surface area contributed by atoms with Crippen LogP contribution in [0.2, 0.25) is 0 Å². The Morgan fingerprint density at radius 3 is 2.68 bits per heavy atom. The molecule has 3 rings (SSSR count). The monoisotopic (exact) mass is 495 g/mol. The van der Waals surface area contributed by atoms with Crippen molar-refractivity contribution in [1.29, 1.82) is 0 Å². The number of hydrogen-bond acceptors (Lipinski definition) is 3. The van der Waals surface area contributed by atoms with Crippen molar-refractivity contribution in [3.8, 4) is 11.5 Å². The zero-order valence-electron chi connectivity index (χ0n) is 16.6. The molecule has 2 N–H and O–H groups in total. The van der Waals surface area contributed by atoms with E-state index in [-0.39, 0.29) is 24.0 Å². The van der Waals surface area contributed by atoms with E-state index in [1.807, 2.05) is 30.3 Å². The third-order valence-electron chi connectivity index (χ3n) is 4.65. The van der Waals surface area contributed by atoms with Gasteiger partial charge in [-0.25, -0.2) is 0 Å². The molecule has 2 aromatic rings. The maximum absolute atomic E-state index is 5.98. The lowest BCUT2D eigenvalue weighted by Crippen LogP contribution is -2.37. The van der Waals surface area contributed by atoms with Crippen LogP contribution in [0, 0.1) is 5.92 Å². The van der Waals surface area contributed by atoms with Gasteiger partial charge in [0.25, 0.3) is 0 Å². The Hall–Kier alpha value is -1.96. The Labute approximate surface area is 184 Å². The molecule has 1 fully saturated rings. The van der Waals surface area contributed by atoms with Crippen molar-refractivity contribution in [2.75, 3.05) is 27.3 Å². The maximum atomic E-state index is 5.98. The second kappa shape index (κ2) is 11.8. The quantitative estimate of drug-likeness (QED) is 0.314. The van der Waals surface area contributed by atoms with E-state index in [1.165, 1.54) is 18.4 Å². The van der Waals surface area contributed by atoms with Gasteiger partial charge in [0, 0.05) is 25.7 Å². The minimum atomic E-state index is 0. The van der Waals surface area contributed by atoms with Gasteiger partial charge in [0.15, 0.2) is 5.96 Å². The minimum absolute atomic E-state index is 0. The standard InChI is InChI=1S/C22H29N3O2.HI/c1-23-22(24-13-12-17-6-5-8-20(14-17)26-2)25-15-19-7-3-4-9-21(19)27-16-18-10-11-18;/h3-9,14,18H,10-13,15-16H2,1-2H3,(H2,23,24,25);1H. The number of rotatable bonds is 9. The van der Waals surface area contributed by atoms with E-state index in [2.05, 4.69) is 33.8 Å². The highest BCUT2D eigenvalue weighted by Gasteiger charge is 2.22. The van der Waals surface area contributed by atoms with Gasteiger partial charge in [-0.05, 0) is 48.9 Å². The molecule has 0 amide bonds. The fourth-order valence-electron chi connectivity index (χ4n) is 2.84. The topological polar surface area (TPSA) is 54.9 Å². The van der Waals surface area contributed by atoms with Crippen molar-refractivity contribution in [3.63, 3.8) is 0 Å². The molecule has 0 aliphatic heterocycles. The van der Waals surface area contributed by atoms with Gasteiger partial charge in [0.2, 0.25) is 0 Å². The molecule has 0 radical (unpaired) electrons. The summed E-state index contributed by atoms with van der Waals surface area (Å²) in [5, 5.41) is 6.73. The molecule has 152 valence electrons. The Kier molecular flexibility index (Phi) is 9.40. The number of methoxy groups -OCH3 is 1. The van der Waals surface area contributed by atoms with Gasteiger partial charge in [-0.2, -0.15) is 0 Å². The average Bonchev–Trinajstić information content (AvgIpc) is 3.54. The summed E-state index contributed by atoms with van der Waals surface area (Å²) in [6.07, 6.45) is 3.49. The molecule has 0 saturated heterocycles. The number of halogens is 1. The third-order valence-corrected chi connectivity index (χ3v) is 4.65. The number of aliphatic imine (C=N–C) groups is 1. The molecule has 2 aromatic carbocycles. The summed E-state index contributed by atoms with van der Waals surface area (Å²) in [7, 11) is 3.48. The van der Waals surface area contributed by atoms with Gasteiger partial charge < -0.3 is 20.1 Å². The van der Waals surface area contributed by atoms with Crippen LogP contribution < -0.4 is 20.1 Å². The lowest BCUT2D eigenvalue weighted by molar-refractivity contribution is 0.296. The van der Waals surface area contributed by atoms with E-state index in [1.54, 1.807) is 14.2 Å². The second-order valence-electron chi connectivity index (χ2n) is 6.82. The van der Waals surface area contributed by atoms with E-state index in [4.69, 9.17) is 9.47 Å². The van der Waals surface area contributed by atoms with Crippen LogP contribution in [0.1, 0.15) is 24.0 Å². The number of benzene rings is 2. The number of guanidine groups is 1. The fourth-order valence-corrected chi connectivity index (χ4v) is 2.84. The predicted molar refractivity (Wildman–Crippen MR) is 125 cm³/mol. The summed E-state index contributed by atoms with van der Waals surface area (Å²) in [5.41, 5.74) is 2.38. The van der Waals surface area contributed by atoms with E-state index in [9.17, 15) is 0 Å².